The monoisotopic (exact) mass is 650 g/mol. The number of halogens is 4. The maximum atomic E-state index is 13.2. The maximum absolute atomic E-state index is 13.2. The second-order valence-corrected chi connectivity index (χ2v) is 14.1. The number of likely N-dealkylation sites (tertiary alicyclic amines) is 1. The van der Waals surface area contributed by atoms with Crippen LogP contribution in [-0.2, 0) is 42.8 Å². The van der Waals surface area contributed by atoms with Crippen molar-refractivity contribution in [2.75, 3.05) is 32.4 Å². The fraction of sp³-hybridized carbons (Fsp3) is 0.467. The second kappa shape index (κ2) is 11.7. The van der Waals surface area contributed by atoms with E-state index in [0.29, 0.717) is 35.8 Å². The van der Waals surface area contributed by atoms with E-state index in [1.807, 2.05) is 27.4 Å². The van der Waals surface area contributed by atoms with Gasteiger partial charge in [-0.15, -0.1) is 0 Å². The van der Waals surface area contributed by atoms with Crippen LogP contribution >= 0.6 is 11.6 Å². The molecule has 1 fully saturated rings. The summed E-state index contributed by atoms with van der Waals surface area (Å²) in [4.78, 5) is 15.4. The average molecular weight is 651 g/mol. The largest absolute Gasteiger partial charge is 0.416 e. The van der Waals surface area contributed by atoms with E-state index in [2.05, 4.69) is 4.90 Å². The van der Waals surface area contributed by atoms with Crippen LogP contribution in [0.25, 0.3) is 22.3 Å². The molecule has 44 heavy (non-hydrogen) atoms. The van der Waals surface area contributed by atoms with Gasteiger partial charge in [0.25, 0.3) is 0 Å². The average Bonchev–Trinajstić information content (AvgIpc) is 3.47. The number of sulfonamides is 1. The lowest BCUT2D eigenvalue weighted by molar-refractivity contribution is -0.137. The first kappa shape index (κ1) is 30.9. The molecule has 0 aliphatic carbocycles. The number of imidazole rings is 1. The minimum absolute atomic E-state index is 0.0598. The number of aryl methyl sites for hydroxylation is 2. The third-order valence-electron chi connectivity index (χ3n) is 8.88. The molecule has 0 spiro atoms. The zero-order valence-corrected chi connectivity index (χ0v) is 26.1. The van der Waals surface area contributed by atoms with Crippen LogP contribution in [0.2, 0.25) is 5.02 Å². The molecule has 0 N–H and O–H groups in total. The van der Waals surface area contributed by atoms with Crippen LogP contribution in [-0.4, -0.2) is 69.0 Å². The van der Waals surface area contributed by atoms with Gasteiger partial charge in [-0.1, -0.05) is 29.8 Å². The van der Waals surface area contributed by atoms with Crippen LogP contribution in [0, 0.1) is 0 Å². The minimum atomic E-state index is -4.45. The molecule has 0 bridgehead atoms. The molecule has 6 rings (SSSR count). The van der Waals surface area contributed by atoms with Gasteiger partial charge in [-0.2, -0.15) is 22.6 Å². The smallest absolute Gasteiger partial charge is 0.303 e. The molecule has 4 heterocycles. The van der Waals surface area contributed by atoms with Gasteiger partial charge in [0.05, 0.1) is 33.6 Å². The molecule has 2 aromatic carbocycles. The number of benzene rings is 2. The number of alkyl halides is 3. The zero-order chi connectivity index (χ0) is 31.4. The Morgan fingerprint density at radius 1 is 1.02 bits per heavy atom. The lowest BCUT2D eigenvalue weighted by Crippen LogP contribution is -2.38. The van der Waals surface area contributed by atoms with Gasteiger partial charge in [0.1, 0.15) is 0 Å². The zero-order valence-electron chi connectivity index (χ0n) is 24.5. The molecule has 2 aromatic heterocycles. The molecule has 236 valence electrons. The molecule has 9 nitrogen and oxygen atoms in total. The highest BCUT2D eigenvalue weighted by Gasteiger charge is 2.32. The molecule has 2 aliphatic heterocycles. The quantitative estimate of drug-likeness (QED) is 0.284. The molecule has 4 aromatic rings. The topological polar surface area (TPSA) is 85.4 Å². The van der Waals surface area contributed by atoms with E-state index in [9.17, 15) is 26.4 Å². The fourth-order valence-corrected chi connectivity index (χ4v) is 7.59. The van der Waals surface area contributed by atoms with E-state index in [1.54, 1.807) is 11.6 Å². The summed E-state index contributed by atoms with van der Waals surface area (Å²) in [7, 11) is -1.68. The number of nitrogens with zero attached hydrogens (tertiary/aromatic N) is 6. The summed E-state index contributed by atoms with van der Waals surface area (Å²) in [5, 5.41) is 5.37. The van der Waals surface area contributed by atoms with Crippen molar-refractivity contribution < 1.29 is 21.6 Å². The molecule has 2 aliphatic rings. The van der Waals surface area contributed by atoms with Gasteiger partial charge >= 0.3 is 11.9 Å². The summed E-state index contributed by atoms with van der Waals surface area (Å²) in [6.45, 7) is 3.53. The predicted molar refractivity (Wildman–Crippen MR) is 163 cm³/mol. The Kier molecular flexibility index (Phi) is 8.18. The number of fused-ring (bicyclic) bond motifs is 2. The van der Waals surface area contributed by atoms with Gasteiger partial charge in [-0.05, 0) is 50.1 Å². The Morgan fingerprint density at radius 2 is 1.73 bits per heavy atom. The first-order valence-corrected chi connectivity index (χ1v) is 16.8. The van der Waals surface area contributed by atoms with Crippen LogP contribution in [0.5, 0.6) is 0 Å². The fourth-order valence-electron chi connectivity index (χ4n) is 6.54. The molecule has 0 radical (unpaired) electrons. The Hall–Kier alpha value is -3.13. The Balaban J connectivity index is 1.15. The van der Waals surface area contributed by atoms with E-state index < -0.39 is 21.8 Å². The van der Waals surface area contributed by atoms with Crippen LogP contribution in [0.1, 0.15) is 42.1 Å². The summed E-state index contributed by atoms with van der Waals surface area (Å²) < 4.78 is 70.9. The van der Waals surface area contributed by atoms with Crippen LogP contribution in [0.15, 0.2) is 47.3 Å². The van der Waals surface area contributed by atoms with Crippen molar-refractivity contribution >= 4 is 32.7 Å². The molecule has 1 saturated heterocycles. The van der Waals surface area contributed by atoms with Gasteiger partial charge in [-0.3, -0.25) is 13.8 Å². The van der Waals surface area contributed by atoms with Crippen LogP contribution in [0.3, 0.4) is 0 Å². The first-order valence-electron chi connectivity index (χ1n) is 14.6. The van der Waals surface area contributed by atoms with E-state index in [4.69, 9.17) is 16.7 Å². The van der Waals surface area contributed by atoms with Gasteiger partial charge in [0.2, 0.25) is 10.0 Å². The SMILES string of the molecule is Cn1c(=O)n(C2CCN(CCCn3nc(-c4ccc(C(F)(F)F)cc4)c4c3CCN(S(C)(=O)=O)C4)CC2)c2c(Cl)cccc21. The summed E-state index contributed by atoms with van der Waals surface area (Å²) in [5.41, 5.74) is 3.49. The van der Waals surface area contributed by atoms with Crippen molar-refractivity contribution in [2.24, 2.45) is 7.05 Å². The van der Waals surface area contributed by atoms with Gasteiger partial charge in [0, 0.05) is 69.1 Å². The van der Waals surface area contributed by atoms with E-state index in [-0.39, 0.29) is 18.3 Å². The van der Waals surface area contributed by atoms with Crippen molar-refractivity contribution in [1.29, 1.82) is 0 Å². The summed E-state index contributed by atoms with van der Waals surface area (Å²) >= 11 is 6.50. The number of aromatic nitrogens is 4. The van der Waals surface area contributed by atoms with Crippen molar-refractivity contribution in [1.82, 2.24) is 28.1 Å². The van der Waals surface area contributed by atoms with Crippen molar-refractivity contribution in [3.63, 3.8) is 0 Å². The first-order chi connectivity index (χ1) is 20.8. The molecule has 0 amide bonds. The number of piperidine rings is 1. The van der Waals surface area contributed by atoms with Crippen LogP contribution < -0.4 is 5.69 Å². The van der Waals surface area contributed by atoms with Crippen LogP contribution in [0.4, 0.5) is 13.2 Å². The van der Waals surface area contributed by atoms with Gasteiger partial charge in [0.15, 0.2) is 0 Å². The highest BCUT2D eigenvalue weighted by molar-refractivity contribution is 7.88. The van der Waals surface area contributed by atoms with Crippen molar-refractivity contribution in [3.05, 3.63) is 74.8 Å². The molecular formula is C30H34ClF3N6O3S. The summed E-state index contributed by atoms with van der Waals surface area (Å²) in [5.74, 6) is 0. The second-order valence-electron chi connectivity index (χ2n) is 11.7. The Morgan fingerprint density at radius 3 is 2.39 bits per heavy atom. The molecule has 14 heteroatoms. The molecule has 0 atom stereocenters. The lowest BCUT2D eigenvalue weighted by Gasteiger charge is -2.32. The van der Waals surface area contributed by atoms with E-state index in [1.165, 1.54) is 16.4 Å². The number of rotatable bonds is 7. The van der Waals surface area contributed by atoms with Crippen molar-refractivity contribution in [2.45, 2.75) is 51.0 Å². The van der Waals surface area contributed by atoms with E-state index >= 15 is 0 Å². The maximum Gasteiger partial charge on any atom is 0.416 e. The third kappa shape index (κ3) is 5.82. The standard InChI is InChI=1S/C30H34ClF3N6O3S/c1-36-26-6-3-5-24(31)28(26)40(29(36)41)22-11-16-37(17-12-22)14-4-15-39-25-13-18-38(44(2,42)43)19-23(25)27(35-39)20-7-9-21(10-8-20)30(32,33)34/h3,5-10,22H,4,11-19H2,1-2H3. The summed E-state index contributed by atoms with van der Waals surface area (Å²) in [6.07, 6.45) is -0.377. The van der Waals surface area contributed by atoms with E-state index in [0.717, 1.165) is 79.6 Å². The minimum Gasteiger partial charge on any atom is -0.303 e. The number of hydrogen-bond acceptors (Lipinski definition) is 5. The summed E-state index contributed by atoms with van der Waals surface area (Å²) in [6, 6.07) is 10.5. The predicted octanol–water partition coefficient (Wildman–Crippen LogP) is 4.92. The number of hydrogen-bond donors (Lipinski definition) is 0. The lowest BCUT2D eigenvalue weighted by atomic mass is 10.0. The molecular weight excluding hydrogens is 617 g/mol. The molecule has 0 unspecified atom stereocenters. The van der Waals surface area contributed by atoms with Gasteiger partial charge < -0.3 is 4.90 Å². The Bertz CT molecular complexity index is 1860. The van der Waals surface area contributed by atoms with Crippen molar-refractivity contribution in [3.8, 4) is 11.3 Å². The normalized spacial score (nSPS) is 17.4. The number of para-hydroxylation sites is 1. The highest BCUT2D eigenvalue weighted by atomic mass is 35.5. The third-order valence-corrected chi connectivity index (χ3v) is 10.4. The highest BCUT2D eigenvalue weighted by Crippen LogP contribution is 2.35. The molecule has 0 saturated carbocycles. The van der Waals surface area contributed by atoms with Gasteiger partial charge in [-0.25, -0.2) is 13.2 Å². The Labute approximate surface area is 258 Å².